The monoisotopic (exact) mass is 298 g/mol. The number of aliphatic hydroxyl groups is 2. The summed E-state index contributed by atoms with van der Waals surface area (Å²) in [7, 11) is 0. The van der Waals surface area contributed by atoms with Gasteiger partial charge in [0.15, 0.2) is 6.61 Å². The molecule has 1 aliphatic carbocycles. The lowest BCUT2D eigenvalue weighted by Crippen LogP contribution is -2.24. The van der Waals surface area contributed by atoms with E-state index in [2.05, 4.69) is 0 Å². The molecule has 116 valence electrons. The maximum atomic E-state index is 13.8. The van der Waals surface area contributed by atoms with Crippen molar-refractivity contribution in [3.63, 3.8) is 0 Å². The Hall–Kier alpha value is -1.46. The smallest absolute Gasteiger partial charge is 0.299 e. The van der Waals surface area contributed by atoms with E-state index >= 15 is 0 Å². The molecule has 1 aromatic rings. The second-order valence-corrected chi connectivity index (χ2v) is 5.53. The minimum Gasteiger partial charge on any atom is -0.487 e. The zero-order chi connectivity index (χ0) is 15.5. The summed E-state index contributed by atoms with van der Waals surface area (Å²) in [5.74, 6) is -3.43. The van der Waals surface area contributed by atoms with Crippen LogP contribution < -0.4 is 4.74 Å². The normalized spacial score (nSPS) is 30.0. The van der Waals surface area contributed by atoms with Crippen molar-refractivity contribution in [1.82, 2.24) is 0 Å². The Bertz CT molecular complexity index is 476. The van der Waals surface area contributed by atoms with Crippen LogP contribution in [-0.4, -0.2) is 35.0 Å². The van der Waals surface area contributed by atoms with Crippen molar-refractivity contribution in [3.05, 3.63) is 42.5 Å². The fourth-order valence-corrected chi connectivity index (χ4v) is 2.53. The van der Waals surface area contributed by atoms with E-state index in [4.69, 9.17) is 4.74 Å². The molecule has 0 bridgehead atoms. The molecule has 4 atom stereocenters. The summed E-state index contributed by atoms with van der Waals surface area (Å²) < 4.78 is 32.6. The van der Waals surface area contributed by atoms with Gasteiger partial charge in [0.2, 0.25) is 0 Å². The van der Waals surface area contributed by atoms with Gasteiger partial charge in [0, 0.05) is 12.3 Å². The first kappa shape index (κ1) is 15.9. The van der Waals surface area contributed by atoms with E-state index in [-0.39, 0.29) is 12.3 Å². The van der Waals surface area contributed by atoms with E-state index in [0.29, 0.717) is 5.75 Å². The number of benzene rings is 1. The summed E-state index contributed by atoms with van der Waals surface area (Å²) in [6.07, 6.45) is 0.849. The van der Waals surface area contributed by atoms with Crippen LogP contribution in [0.1, 0.15) is 13.3 Å². The first-order valence-electron chi connectivity index (χ1n) is 7.00. The molecule has 2 rings (SSSR count). The molecule has 2 N–H and O–H groups in total. The zero-order valence-corrected chi connectivity index (χ0v) is 11.8. The van der Waals surface area contributed by atoms with Gasteiger partial charge < -0.3 is 14.9 Å². The molecule has 0 heterocycles. The van der Waals surface area contributed by atoms with Gasteiger partial charge in [-0.15, -0.1) is 0 Å². The third-order valence-corrected chi connectivity index (χ3v) is 3.88. The molecule has 0 aromatic heterocycles. The van der Waals surface area contributed by atoms with Crippen LogP contribution in [0.15, 0.2) is 42.5 Å². The second kappa shape index (κ2) is 6.54. The van der Waals surface area contributed by atoms with Crippen LogP contribution in [-0.2, 0) is 0 Å². The lowest BCUT2D eigenvalue weighted by atomic mass is 9.95. The number of halogens is 2. The summed E-state index contributed by atoms with van der Waals surface area (Å²) in [5.41, 5.74) is 0. The zero-order valence-electron chi connectivity index (χ0n) is 11.8. The van der Waals surface area contributed by atoms with Crippen molar-refractivity contribution in [2.45, 2.75) is 31.5 Å². The highest BCUT2D eigenvalue weighted by Crippen LogP contribution is 2.34. The number of hydrogen-bond donors (Lipinski definition) is 2. The van der Waals surface area contributed by atoms with Gasteiger partial charge in [-0.2, -0.15) is 8.78 Å². The highest BCUT2D eigenvalue weighted by Gasteiger charge is 2.38. The van der Waals surface area contributed by atoms with Crippen LogP contribution in [0.3, 0.4) is 0 Å². The van der Waals surface area contributed by atoms with Crippen LogP contribution in [0, 0.1) is 11.8 Å². The average Bonchev–Trinajstić information content (AvgIpc) is 2.69. The molecule has 3 nitrogen and oxygen atoms in total. The summed E-state index contributed by atoms with van der Waals surface area (Å²) in [6.45, 7) is 0.988. The topological polar surface area (TPSA) is 49.7 Å². The largest absolute Gasteiger partial charge is 0.487 e. The van der Waals surface area contributed by atoms with Crippen molar-refractivity contribution in [1.29, 1.82) is 0 Å². The van der Waals surface area contributed by atoms with Gasteiger partial charge in [0.05, 0.1) is 12.2 Å². The predicted molar refractivity (Wildman–Crippen MR) is 75.3 cm³/mol. The molecule has 1 aromatic carbocycles. The molecule has 1 fully saturated rings. The van der Waals surface area contributed by atoms with Crippen LogP contribution in [0.4, 0.5) is 8.78 Å². The SMILES string of the molecule is C[C@@H]1[C@@H](/C=C/C(F)(F)COc2ccccc2)[C@H](O)C[C@@H]1O. The first-order valence-corrected chi connectivity index (χ1v) is 7.00. The van der Waals surface area contributed by atoms with Crippen molar-refractivity contribution >= 4 is 0 Å². The van der Waals surface area contributed by atoms with Crippen LogP contribution in [0.25, 0.3) is 0 Å². The number of alkyl halides is 2. The standard InChI is InChI=1S/C16H20F2O3/c1-11-13(15(20)9-14(11)19)7-8-16(17,18)10-21-12-5-3-2-4-6-12/h2-8,11,13-15,19-20H,9-10H2,1H3/b8-7+/t11-,13-,14+,15-/m1/s1. The quantitative estimate of drug-likeness (QED) is 0.822. The van der Waals surface area contributed by atoms with E-state index in [0.717, 1.165) is 6.08 Å². The molecule has 1 aliphatic rings. The van der Waals surface area contributed by atoms with Gasteiger partial charge in [-0.3, -0.25) is 0 Å². The molecular weight excluding hydrogens is 278 g/mol. The van der Waals surface area contributed by atoms with Gasteiger partial charge in [-0.25, -0.2) is 0 Å². The van der Waals surface area contributed by atoms with E-state index in [1.54, 1.807) is 37.3 Å². The van der Waals surface area contributed by atoms with Crippen molar-refractivity contribution in [2.24, 2.45) is 11.8 Å². The Kier molecular flexibility index (Phi) is 4.96. The summed E-state index contributed by atoms with van der Waals surface area (Å²) in [5, 5.41) is 19.4. The molecule has 1 saturated carbocycles. The van der Waals surface area contributed by atoms with Gasteiger partial charge in [-0.1, -0.05) is 31.2 Å². The van der Waals surface area contributed by atoms with Crippen LogP contribution in [0.2, 0.25) is 0 Å². The van der Waals surface area contributed by atoms with Crippen molar-refractivity contribution < 1.29 is 23.7 Å². The third kappa shape index (κ3) is 4.25. The molecular formula is C16H20F2O3. The third-order valence-electron chi connectivity index (χ3n) is 3.88. The number of para-hydroxylation sites is 1. The second-order valence-electron chi connectivity index (χ2n) is 5.53. The molecule has 0 amide bonds. The van der Waals surface area contributed by atoms with E-state index in [9.17, 15) is 19.0 Å². The fraction of sp³-hybridized carbons (Fsp3) is 0.500. The summed E-state index contributed by atoms with van der Waals surface area (Å²) in [4.78, 5) is 0. The summed E-state index contributed by atoms with van der Waals surface area (Å²) in [6, 6.07) is 8.42. The lowest BCUT2D eigenvalue weighted by Gasteiger charge is -2.18. The van der Waals surface area contributed by atoms with Crippen LogP contribution >= 0.6 is 0 Å². The number of ether oxygens (including phenoxy) is 1. The maximum Gasteiger partial charge on any atom is 0.299 e. The van der Waals surface area contributed by atoms with E-state index in [1.807, 2.05) is 0 Å². The Morgan fingerprint density at radius 1 is 1.24 bits per heavy atom. The molecule has 0 unspecified atom stereocenters. The van der Waals surface area contributed by atoms with Crippen LogP contribution in [0.5, 0.6) is 5.75 Å². The predicted octanol–water partition coefficient (Wildman–Crippen LogP) is 2.63. The maximum absolute atomic E-state index is 13.8. The van der Waals surface area contributed by atoms with Gasteiger partial charge in [-0.05, 0) is 24.1 Å². The number of aliphatic hydroxyl groups excluding tert-OH is 2. The van der Waals surface area contributed by atoms with Crippen molar-refractivity contribution in [2.75, 3.05) is 6.61 Å². The Labute approximate surface area is 122 Å². The molecule has 21 heavy (non-hydrogen) atoms. The van der Waals surface area contributed by atoms with Gasteiger partial charge >= 0.3 is 0 Å². The lowest BCUT2D eigenvalue weighted by molar-refractivity contribution is 0.00409. The number of hydrogen-bond acceptors (Lipinski definition) is 3. The Morgan fingerprint density at radius 2 is 1.90 bits per heavy atom. The molecule has 0 aliphatic heterocycles. The highest BCUT2D eigenvalue weighted by atomic mass is 19.3. The van der Waals surface area contributed by atoms with Crippen molar-refractivity contribution in [3.8, 4) is 5.75 Å². The fourth-order valence-electron chi connectivity index (χ4n) is 2.53. The summed E-state index contributed by atoms with van der Waals surface area (Å²) >= 11 is 0. The van der Waals surface area contributed by atoms with Gasteiger partial charge in [0.25, 0.3) is 5.92 Å². The molecule has 0 radical (unpaired) electrons. The molecule has 5 heteroatoms. The first-order chi connectivity index (χ1) is 9.89. The minimum atomic E-state index is -3.12. The average molecular weight is 298 g/mol. The highest BCUT2D eigenvalue weighted by molar-refractivity contribution is 5.21. The Morgan fingerprint density at radius 3 is 2.48 bits per heavy atom. The molecule has 0 saturated heterocycles. The van der Waals surface area contributed by atoms with Gasteiger partial charge in [0.1, 0.15) is 5.75 Å². The van der Waals surface area contributed by atoms with E-state index < -0.39 is 30.7 Å². The number of rotatable bonds is 5. The van der Waals surface area contributed by atoms with E-state index in [1.165, 1.54) is 6.08 Å². The Balaban J connectivity index is 1.92. The minimum absolute atomic E-state index is 0.224. The molecule has 0 spiro atoms.